The van der Waals surface area contributed by atoms with Gasteiger partial charge in [0.2, 0.25) is 15.8 Å². The minimum Gasteiger partial charge on any atom is -0.378 e. The van der Waals surface area contributed by atoms with Gasteiger partial charge in [0.25, 0.3) is 0 Å². The van der Waals surface area contributed by atoms with E-state index in [1.165, 1.54) is 11.2 Å². The third-order valence-corrected chi connectivity index (χ3v) is 5.49. The largest absolute Gasteiger partial charge is 0.378 e. The van der Waals surface area contributed by atoms with Crippen LogP contribution in [-0.2, 0) is 14.8 Å². The molecule has 0 N–H and O–H groups in total. The Bertz CT molecular complexity index is 676. The predicted octanol–water partition coefficient (Wildman–Crippen LogP) is 1.45. The van der Waals surface area contributed by atoms with Crippen LogP contribution in [0.3, 0.4) is 0 Å². The first-order valence-corrected chi connectivity index (χ1v) is 7.73. The molecule has 0 aromatic heterocycles. The summed E-state index contributed by atoms with van der Waals surface area (Å²) in [6.45, 7) is 3.76. The first kappa shape index (κ1) is 15.8. The van der Waals surface area contributed by atoms with Gasteiger partial charge in [0.05, 0.1) is 23.0 Å². The molecule has 0 unspecified atom stereocenters. The van der Waals surface area contributed by atoms with Crippen molar-refractivity contribution in [2.75, 3.05) is 19.8 Å². The lowest BCUT2D eigenvalue weighted by Gasteiger charge is -2.32. The van der Waals surface area contributed by atoms with Crippen LogP contribution >= 0.6 is 0 Å². The Balaban J connectivity index is 2.54. The van der Waals surface area contributed by atoms with Crippen LogP contribution in [-0.4, -0.2) is 43.4 Å². The molecule has 116 valence electrons. The second-order valence-corrected chi connectivity index (χ2v) is 6.72. The van der Waals surface area contributed by atoms with Gasteiger partial charge in [-0.25, -0.2) is 8.42 Å². The fourth-order valence-electron chi connectivity index (χ4n) is 2.26. The Morgan fingerprint density at radius 1 is 1.48 bits per heavy atom. The highest BCUT2D eigenvalue weighted by atomic mass is 32.2. The van der Waals surface area contributed by atoms with E-state index in [1.54, 1.807) is 6.92 Å². The highest BCUT2D eigenvalue weighted by Gasteiger charge is 2.34. The molecular weight excluding hydrogens is 303 g/mol. The fourth-order valence-corrected chi connectivity index (χ4v) is 4.08. The normalized spacial score (nSPS) is 20.4. The zero-order valence-electron chi connectivity index (χ0n) is 11.6. The summed E-state index contributed by atoms with van der Waals surface area (Å²) >= 11 is 0. The monoisotopic (exact) mass is 318 g/mol. The molecule has 1 aliphatic heterocycles. The lowest BCUT2D eigenvalue weighted by molar-refractivity contribution is -0.387. The summed E-state index contributed by atoms with van der Waals surface area (Å²) in [4.78, 5) is 9.61. The molecule has 2 rings (SSSR count). The molecule has 1 saturated heterocycles. The number of morpholine rings is 1. The molecule has 21 heavy (non-hydrogen) atoms. The van der Waals surface area contributed by atoms with Crippen molar-refractivity contribution in [1.82, 2.24) is 4.31 Å². The third kappa shape index (κ3) is 2.89. The molecule has 1 aromatic carbocycles. The summed E-state index contributed by atoms with van der Waals surface area (Å²) in [5, 5.41) is 10.8. The fraction of sp³-hybridized carbons (Fsp3) is 0.500. The number of hydrogen-bond donors (Lipinski definition) is 0. The highest BCUT2D eigenvalue weighted by Crippen LogP contribution is 2.29. The van der Waals surface area contributed by atoms with E-state index in [4.69, 9.17) is 4.74 Å². The van der Waals surface area contributed by atoms with Crippen molar-refractivity contribution in [3.8, 4) is 0 Å². The molecule has 0 amide bonds. The van der Waals surface area contributed by atoms with Gasteiger partial charge in [-0.15, -0.1) is 0 Å². The maximum absolute atomic E-state index is 13.5. The lowest BCUT2D eigenvalue weighted by Crippen LogP contribution is -2.47. The smallest absolute Gasteiger partial charge is 0.306 e. The minimum absolute atomic E-state index is 0.136. The molecule has 0 saturated carbocycles. The summed E-state index contributed by atoms with van der Waals surface area (Å²) in [6.07, 6.45) is 0. The van der Waals surface area contributed by atoms with E-state index < -0.39 is 26.5 Å². The number of ether oxygens (including phenoxy) is 1. The quantitative estimate of drug-likeness (QED) is 0.621. The van der Waals surface area contributed by atoms with Gasteiger partial charge in [0, 0.05) is 18.7 Å². The van der Waals surface area contributed by atoms with Crippen molar-refractivity contribution in [3.05, 3.63) is 33.6 Å². The first-order chi connectivity index (χ1) is 9.75. The molecule has 9 heteroatoms. The Morgan fingerprint density at radius 3 is 2.71 bits per heavy atom. The number of nitrogens with zero attached hydrogens (tertiary/aromatic N) is 2. The zero-order chi connectivity index (χ0) is 15.8. The molecule has 0 bridgehead atoms. The van der Waals surface area contributed by atoms with Gasteiger partial charge in [0.1, 0.15) is 0 Å². The summed E-state index contributed by atoms with van der Waals surface area (Å²) in [7, 11) is -3.93. The van der Waals surface area contributed by atoms with Gasteiger partial charge in [0.15, 0.2) is 0 Å². The van der Waals surface area contributed by atoms with Gasteiger partial charge in [-0.1, -0.05) is 0 Å². The van der Waals surface area contributed by atoms with Gasteiger partial charge < -0.3 is 4.74 Å². The molecular formula is C12H15FN2O5S. The Hall–Kier alpha value is -1.58. The van der Waals surface area contributed by atoms with Crippen LogP contribution in [0.15, 0.2) is 17.0 Å². The van der Waals surface area contributed by atoms with Crippen LogP contribution in [0, 0.1) is 22.9 Å². The van der Waals surface area contributed by atoms with E-state index in [1.807, 2.05) is 0 Å². The number of nitro groups is 1. The third-order valence-electron chi connectivity index (χ3n) is 3.33. The van der Waals surface area contributed by atoms with Gasteiger partial charge in [-0.05, 0) is 25.5 Å². The molecule has 1 heterocycles. The van der Waals surface area contributed by atoms with Crippen LogP contribution in [0.25, 0.3) is 0 Å². The van der Waals surface area contributed by atoms with Crippen LogP contribution in [0.4, 0.5) is 10.1 Å². The SMILES string of the molecule is Cc1cc(F)c([N+](=O)[O-])cc1S(=O)(=O)N1CCOC[C@H]1C. The second-order valence-electron chi connectivity index (χ2n) is 4.87. The number of rotatable bonds is 3. The van der Waals surface area contributed by atoms with E-state index in [2.05, 4.69) is 0 Å². The summed E-state index contributed by atoms with van der Waals surface area (Å²) < 4.78 is 45.2. The Kier molecular flexibility index (Phi) is 4.26. The van der Waals surface area contributed by atoms with E-state index in [-0.39, 0.29) is 36.3 Å². The Morgan fingerprint density at radius 2 is 2.14 bits per heavy atom. The van der Waals surface area contributed by atoms with E-state index in [0.717, 1.165) is 12.1 Å². The maximum atomic E-state index is 13.5. The van der Waals surface area contributed by atoms with Gasteiger partial charge in [-0.2, -0.15) is 8.70 Å². The van der Waals surface area contributed by atoms with Crippen LogP contribution in [0.1, 0.15) is 12.5 Å². The van der Waals surface area contributed by atoms with E-state index >= 15 is 0 Å². The van der Waals surface area contributed by atoms with Crippen molar-refractivity contribution in [1.29, 1.82) is 0 Å². The highest BCUT2D eigenvalue weighted by molar-refractivity contribution is 7.89. The predicted molar refractivity (Wildman–Crippen MR) is 72.0 cm³/mol. The summed E-state index contributed by atoms with van der Waals surface area (Å²) in [6, 6.07) is 1.27. The second kappa shape index (κ2) is 5.66. The van der Waals surface area contributed by atoms with E-state index in [9.17, 15) is 22.9 Å². The maximum Gasteiger partial charge on any atom is 0.306 e. The van der Waals surface area contributed by atoms with Crippen LogP contribution < -0.4 is 0 Å². The van der Waals surface area contributed by atoms with Crippen molar-refractivity contribution in [3.63, 3.8) is 0 Å². The summed E-state index contributed by atoms with van der Waals surface area (Å²) in [5.41, 5.74) is -0.711. The van der Waals surface area contributed by atoms with Crippen molar-refractivity contribution in [2.45, 2.75) is 24.8 Å². The number of aryl methyl sites for hydroxylation is 1. The van der Waals surface area contributed by atoms with Crippen LogP contribution in [0.2, 0.25) is 0 Å². The molecule has 0 aliphatic carbocycles. The van der Waals surface area contributed by atoms with Crippen molar-refractivity contribution in [2.24, 2.45) is 0 Å². The molecule has 1 fully saturated rings. The molecule has 7 nitrogen and oxygen atoms in total. The molecule has 0 spiro atoms. The number of sulfonamides is 1. The standard InChI is InChI=1S/C12H15FN2O5S/c1-8-5-10(13)11(15(16)17)6-12(8)21(18,19)14-3-4-20-7-9(14)2/h5-6,9H,3-4,7H2,1-2H3/t9-/m1/s1. The number of nitro benzene ring substituents is 1. The van der Waals surface area contributed by atoms with Gasteiger partial charge in [-0.3, -0.25) is 10.1 Å². The van der Waals surface area contributed by atoms with Crippen LogP contribution in [0.5, 0.6) is 0 Å². The molecule has 1 aromatic rings. The number of halogens is 1. The lowest BCUT2D eigenvalue weighted by atomic mass is 10.2. The average Bonchev–Trinajstić information content (AvgIpc) is 2.38. The summed E-state index contributed by atoms with van der Waals surface area (Å²) in [5.74, 6) is -1.05. The Labute approximate surface area is 121 Å². The molecule has 1 aliphatic rings. The average molecular weight is 318 g/mol. The minimum atomic E-state index is -3.93. The number of hydrogen-bond acceptors (Lipinski definition) is 5. The first-order valence-electron chi connectivity index (χ1n) is 6.29. The molecule has 0 radical (unpaired) electrons. The van der Waals surface area contributed by atoms with Crippen molar-refractivity contribution < 1.29 is 22.5 Å². The van der Waals surface area contributed by atoms with Crippen molar-refractivity contribution >= 4 is 15.7 Å². The number of benzene rings is 1. The topological polar surface area (TPSA) is 89.8 Å². The zero-order valence-corrected chi connectivity index (χ0v) is 12.4. The molecule has 1 atom stereocenters. The van der Waals surface area contributed by atoms with Gasteiger partial charge >= 0.3 is 5.69 Å². The van der Waals surface area contributed by atoms with E-state index in [0.29, 0.717) is 0 Å².